The van der Waals surface area contributed by atoms with Crippen LogP contribution in [0.1, 0.15) is 34.0 Å². The second-order valence-electron chi connectivity index (χ2n) is 6.90. The number of carbonyl (C=O) groups is 2. The van der Waals surface area contributed by atoms with E-state index >= 15 is 0 Å². The first-order valence-electron chi connectivity index (χ1n) is 8.75. The molecule has 4 heterocycles. The van der Waals surface area contributed by atoms with Gasteiger partial charge in [-0.05, 0) is 39.3 Å². The van der Waals surface area contributed by atoms with Gasteiger partial charge in [-0.25, -0.2) is 4.98 Å². The van der Waals surface area contributed by atoms with Gasteiger partial charge < -0.3 is 19.2 Å². The van der Waals surface area contributed by atoms with E-state index in [1.165, 1.54) is 0 Å². The fraction of sp³-hybridized carbons (Fsp3) is 0.368. The fourth-order valence-electron chi connectivity index (χ4n) is 3.49. The minimum atomic E-state index is -0.521. The van der Waals surface area contributed by atoms with Gasteiger partial charge >= 0.3 is 0 Å². The van der Waals surface area contributed by atoms with E-state index in [1.807, 2.05) is 19.9 Å². The number of pyridine rings is 1. The molecular weight excluding hydrogens is 348 g/mol. The number of rotatable bonds is 3. The van der Waals surface area contributed by atoms with Gasteiger partial charge in [0.1, 0.15) is 17.6 Å². The van der Waals surface area contributed by atoms with Crippen LogP contribution in [0.3, 0.4) is 0 Å². The number of aryl methyl sites for hydroxylation is 3. The summed E-state index contributed by atoms with van der Waals surface area (Å²) < 4.78 is 10.9. The summed E-state index contributed by atoms with van der Waals surface area (Å²) in [6.45, 7) is 6.07. The van der Waals surface area contributed by atoms with Gasteiger partial charge in [0.05, 0.1) is 22.3 Å². The predicted molar refractivity (Wildman–Crippen MR) is 97.2 cm³/mol. The molecule has 0 saturated carbocycles. The van der Waals surface area contributed by atoms with Crippen molar-refractivity contribution in [2.24, 2.45) is 0 Å². The summed E-state index contributed by atoms with van der Waals surface area (Å²) in [7, 11) is 1.73. The van der Waals surface area contributed by atoms with Crippen LogP contribution in [0.15, 0.2) is 21.1 Å². The van der Waals surface area contributed by atoms with Crippen molar-refractivity contribution < 1.29 is 18.5 Å². The Morgan fingerprint density at radius 2 is 2.07 bits per heavy atom. The molecule has 1 saturated heterocycles. The number of furan rings is 1. The summed E-state index contributed by atoms with van der Waals surface area (Å²) in [5.41, 5.74) is 2.59. The van der Waals surface area contributed by atoms with Crippen molar-refractivity contribution in [2.75, 3.05) is 13.6 Å². The third-order valence-corrected chi connectivity index (χ3v) is 4.91. The number of likely N-dealkylation sites (N-methyl/N-ethyl adjacent to an activating group) is 1. The molecule has 1 N–H and O–H groups in total. The first-order valence-corrected chi connectivity index (χ1v) is 8.75. The Balaban J connectivity index is 1.78. The number of fused-ring (bicyclic) bond motifs is 1. The Bertz CT molecular complexity index is 1070. The molecule has 27 heavy (non-hydrogen) atoms. The Morgan fingerprint density at radius 1 is 1.30 bits per heavy atom. The lowest BCUT2D eigenvalue weighted by molar-refractivity contribution is -0.128. The molecule has 1 atom stereocenters. The maximum Gasteiger partial charge on any atom is 0.259 e. The lowest BCUT2D eigenvalue weighted by atomic mass is 10.0. The second kappa shape index (κ2) is 6.22. The van der Waals surface area contributed by atoms with Crippen LogP contribution in [0, 0.1) is 20.8 Å². The van der Waals surface area contributed by atoms with E-state index in [0.717, 1.165) is 11.3 Å². The molecular formula is C19H20N4O4. The van der Waals surface area contributed by atoms with E-state index in [1.54, 1.807) is 24.9 Å². The molecule has 3 aromatic rings. The standard InChI is InChI=1S/C19H20N4O4/c1-9-7-12(11(3)26-9)15-8-13(16-10(2)22-27-18(16)21-15)17(24)20-14-5-6-23(4)19(14)25/h7-8,14H,5-6H2,1-4H3,(H,20,24). The molecule has 1 unspecified atom stereocenters. The van der Waals surface area contributed by atoms with Crippen molar-refractivity contribution in [1.82, 2.24) is 20.4 Å². The van der Waals surface area contributed by atoms with Gasteiger partial charge in [-0.15, -0.1) is 0 Å². The molecule has 8 nitrogen and oxygen atoms in total. The molecule has 1 aliphatic rings. The van der Waals surface area contributed by atoms with Crippen molar-refractivity contribution >= 4 is 22.9 Å². The molecule has 0 spiro atoms. The number of likely N-dealkylation sites (tertiary alicyclic amines) is 1. The van der Waals surface area contributed by atoms with Crippen LogP contribution in [-0.2, 0) is 4.79 Å². The van der Waals surface area contributed by atoms with Gasteiger partial charge in [0.15, 0.2) is 0 Å². The smallest absolute Gasteiger partial charge is 0.259 e. The van der Waals surface area contributed by atoms with Gasteiger partial charge in [-0.3, -0.25) is 9.59 Å². The molecule has 3 aromatic heterocycles. The summed E-state index contributed by atoms with van der Waals surface area (Å²) >= 11 is 0. The average molecular weight is 368 g/mol. The first-order chi connectivity index (χ1) is 12.8. The zero-order valence-corrected chi connectivity index (χ0v) is 15.6. The number of nitrogens with one attached hydrogen (secondary N) is 1. The SMILES string of the molecule is Cc1cc(-c2cc(C(=O)NC3CCN(C)C3=O)c3c(C)noc3n2)c(C)o1. The third kappa shape index (κ3) is 2.87. The van der Waals surface area contributed by atoms with E-state index in [0.29, 0.717) is 41.1 Å². The van der Waals surface area contributed by atoms with Crippen LogP contribution in [-0.4, -0.2) is 46.5 Å². The first kappa shape index (κ1) is 17.3. The van der Waals surface area contributed by atoms with Crippen molar-refractivity contribution in [3.8, 4) is 11.3 Å². The summed E-state index contributed by atoms with van der Waals surface area (Å²) in [4.78, 5) is 31.2. The van der Waals surface area contributed by atoms with Gasteiger partial charge in [-0.1, -0.05) is 5.16 Å². The highest BCUT2D eigenvalue weighted by Gasteiger charge is 2.31. The van der Waals surface area contributed by atoms with Crippen LogP contribution in [0.4, 0.5) is 0 Å². The molecule has 0 radical (unpaired) electrons. The number of hydrogen-bond donors (Lipinski definition) is 1. The molecule has 1 fully saturated rings. The Kier molecular flexibility index (Phi) is 3.98. The predicted octanol–water partition coefficient (Wildman–Crippen LogP) is 2.37. The van der Waals surface area contributed by atoms with E-state index in [9.17, 15) is 9.59 Å². The summed E-state index contributed by atoms with van der Waals surface area (Å²) in [6, 6.07) is 3.04. The summed E-state index contributed by atoms with van der Waals surface area (Å²) in [5.74, 6) is 1.02. The number of carbonyl (C=O) groups excluding carboxylic acids is 2. The van der Waals surface area contributed by atoms with Crippen LogP contribution < -0.4 is 5.32 Å². The van der Waals surface area contributed by atoms with E-state index in [-0.39, 0.29) is 17.5 Å². The molecule has 0 aromatic carbocycles. The van der Waals surface area contributed by atoms with Crippen molar-refractivity contribution in [2.45, 2.75) is 33.2 Å². The van der Waals surface area contributed by atoms with Crippen LogP contribution in [0.2, 0.25) is 0 Å². The summed E-state index contributed by atoms with van der Waals surface area (Å²) in [5, 5.41) is 7.33. The Labute approximate surface area is 155 Å². The van der Waals surface area contributed by atoms with Crippen molar-refractivity contribution in [1.29, 1.82) is 0 Å². The number of aromatic nitrogens is 2. The average Bonchev–Trinajstić information content (AvgIpc) is 3.27. The van der Waals surface area contributed by atoms with Gasteiger partial charge in [-0.2, -0.15) is 0 Å². The van der Waals surface area contributed by atoms with Crippen LogP contribution in [0.25, 0.3) is 22.4 Å². The van der Waals surface area contributed by atoms with Gasteiger partial charge in [0.25, 0.3) is 11.6 Å². The minimum absolute atomic E-state index is 0.0859. The highest BCUT2D eigenvalue weighted by molar-refractivity contribution is 6.08. The van der Waals surface area contributed by atoms with Crippen molar-refractivity contribution in [3.05, 3.63) is 34.9 Å². The van der Waals surface area contributed by atoms with Crippen LogP contribution in [0.5, 0.6) is 0 Å². The van der Waals surface area contributed by atoms with Gasteiger partial charge in [0.2, 0.25) is 5.91 Å². The molecule has 4 rings (SSSR count). The quantitative estimate of drug-likeness (QED) is 0.761. The molecule has 0 bridgehead atoms. The lowest BCUT2D eigenvalue weighted by Crippen LogP contribution is -2.40. The monoisotopic (exact) mass is 368 g/mol. The van der Waals surface area contributed by atoms with E-state index in [2.05, 4.69) is 15.5 Å². The Morgan fingerprint density at radius 3 is 2.70 bits per heavy atom. The fourth-order valence-corrected chi connectivity index (χ4v) is 3.49. The molecule has 140 valence electrons. The molecule has 8 heteroatoms. The number of hydrogen-bond acceptors (Lipinski definition) is 6. The van der Waals surface area contributed by atoms with E-state index in [4.69, 9.17) is 8.94 Å². The largest absolute Gasteiger partial charge is 0.466 e. The highest BCUT2D eigenvalue weighted by Crippen LogP contribution is 2.30. The maximum atomic E-state index is 13.0. The maximum absolute atomic E-state index is 13.0. The topological polar surface area (TPSA) is 101 Å². The van der Waals surface area contributed by atoms with E-state index < -0.39 is 6.04 Å². The zero-order chi connectivity index (χ0) is 19.3. The lowest BCUT2D eigenvalue weighted by Gasteiger charge is -2.13. The highest BCUT2D eigenvalue weighted by atomic mass is 16.5. The summed E-state index contributed by atoms with van der Waals surface area (Å²) in [6.07, 6.45) is 0.588. The Hall–Kier alpha value is -3.16. The molecule has 2 amide bonds. The van der Waals surface area contributed by atoms with Gasteiger partial charge in [0, 0.05) is 19.2 Å². The van der Waals surface area contributed by atoms with Crippen LogP contribution >= 0.6 is 0 Å². The van der Waals surface area contributed by atoms with Crippen molar-refractivity contribution in [3.63, 3.8) is 0 Å². The number of amides is 2. The second-order valence-corrected chi connectivity index (χ2v) is 6.90. The number of nitrogens with zero attached hydrogens (tertiary/aromatic N) is 3. The minimum Gasteiger partial charge on any atom is -0.466 e. The zero-order valence-electron chi connectivity index (χ0n) is 15.6. The molecule has 1 aliphatic heterocycles. The normalized spacial score (nSPS) is 17.1. The third-order valence-electron chi connectivity index (χ3n) is 4.91. The molecule has 0 aliphatic carbocycles.